The second-order valence-electron chi connectivity index (χ2n) is 4.75. The van der Waals surface area contributed by atoms with Crippen LogP contribution in [0.4, 0.5) is 0 Å². The molecule has 1 aromatic carbocycles. The van der Waals surface area contributed by atoms with Gasteiger partial charge in [0, 0.05) is 6.54 Å². The van der Waals surface area contributed by atoms with E-state index < -0.39 is 5.54 Å². The van der Waals surface area contributed by atoms with Gasteiger partial charge >= 0.3 is 0 Å². The molecule has 4 nitrogen and oxygen atoms in total. The van der Waals surface area contributed by atoms with E-state index in [1.165, 1.54) is 0 Å². The van der Waals surface area contributed by atoms with Crippen LogP contribution in [-0.4, -0.2) is 37.5 Å². The molecule has 1 amide bonds. The van der Waals surface area contributed by atoms with Gasteiger partial charge in [0.25, 0.3) is 0 Å². The summed E-state index contributed by atoms with van der Waals surface area (Å²) in [5.74, 6) is -0.337. The van der Waals surface area contributed by atoms with Gasteiger partial charge in [-0.05, 0) is 32.1 Å². The van der Waals surface area contributed by atoms with Crippen molar-refractivity contribution in [3.63, 3.8) is 0 Å². The number of nitrogens with zero attached hydrogens (tertiary/aromatic N) is 1. The highest BCUT2D eigenvalue weighted by Crippen LogP contribution is 2.22. The normalized spacial score (nSPS) is 14.3. The van der Waals surface area contributed by atoms with Gasteiger partial charge in [-0.3, -0.25) is 4.79 Å². The van der Waals surface area contributed by atoms with Gasteiger partial charge in [-0.2, -0.15) is 0 Å². The zero-order chi connectivity index (χ0) is 14.3. The summed E-state index contributed by atoms with van der Waals surface area (Å²) < 4.78 is 0. The average molecular weight is 263 g/mol. The monoisotopic (exact) mass is 263 g/mol. The van der Waals surface area contributed by atoms with Gasteiger partial charge in [0.15, 0.2) is 0 Å². The molecule has 4 heteroatoms. The van der Waals surface area contributed by atoms with Crippen LogP contribution in [-0.2, 0) is 10.3 Å². The molecule has 0 saturated carbocycles. The minimum atomic E-state index is -0.827. The predicted molar refractivity (Wildman–Crippen MR) is 78.8 cm³/mol. The van der Waals surface area contributed by atoms with E-state index in [2.05, 4.69) is 24.1 Å². The smallest absolute Gasteiger partial charge is 0.243 e. The van der Waals surface area contributed by atoms with Crippen LogP contribution in [0.1, 0.15) is 25.8 Å². The molecule has 1 aromatic rings. The topological polar surface area (TPSA) is 58.4 Å². The van der Waals surface area contributed by atoms with Crippen LogP contribution >= 0.6 is 0 Å². The fraction of sp³-hybridized carbons (Fsp3) is 0.533. The Morgan fingerprint density at radius 2 is 1.95 bits per heavy atom. The Labute approximate surface area is 116 Å². The molecule has 3 N–H and O–H groups in total. The Morgan fingerprint density at radius 1 is 1.32 bits per heavy atom. The summed E-state index contributed by atoms with van der Waals surface area (Å²) in [6, 6.07) is 9.69. The van der Waals surface area contributed by atoms with Crippen molar-refractivity contribution in [1.82, 2.24) is 10.2 Å². The van der Waals surface area contributed by atoms with Crippen LogP contribution in [0.3, 0.4) is 0 Å². The lowest BCUT2D eigenvalue weighted by molar-refractivity contribution is -0.125. The summed E-state index contributed by atoms with van der Waals surface area (Å²) in [7, 11) is 1.79. The summed E-state index contributed by atoms with van der Waals surface area (Å²) in [6.45, 7) is 6.68. The molecule has 1 atom stereocenters. The zero-order valence-electron chi connectivity index (χ0n) is 12.1. The summed E-state index contributed by atoms with van der Waals surface area (Å²) in [4.78, 5) is 14.3. The van der Waals surface area contributed by atoms with Crippen molar-refractivity contribution < 1.29 is 4.79 Å². The largest absolute Gasteiger partial charge is 0.368 e. The van der Waals surface area contributed by atoms with Crippen LogP contribution in [0, 0.1) is 0 Å². The lowest BCUT2D eigenvalue weighted by Crippen LogP contribution is -2.58. The molecule has 0 spiro atoms. The Morgan fingerprint density at radius 3 is 2.37 bits per heavy atom. The van der Waals surface area contributed by atoms with Crippen molar-refractivity contribution in [3.8, 4) is 0 Å². The third-order valence-electron chi connectivity index (χ3n) is 3.56. The number of carbonyl (C=O) groups excluding carboxylic acids is 1. The Bertz CT molecular complexity index is 394. The molecule has 0 aliphatic heterocycles. The number of benzene rings is 1. The van der Waals surface area contributed by atoms with Crippen LogP contribution in [0.2, 0.25) is 0 Å². The molecule has 19 heavy (non-hydrogen) atoms. The van der Waals surface area contributed by atoms with E-state index in [0.29, 0.717) is 6.54 Å². The predicted octanol–water partition coefficient (Wildman–Crippen LogP) is 1.32. The van der Waals surface area contributed by atoms with E-state index in [9.17, 15) is 4.79 Å². The second-order valence-corrected chi connectivity index (χ2v) is 4.75. The average Bonchev–Trinajstić information content (AvgIpc) is 2.44. The minimum absolute atomic E-state index is 0.337. The maximum Gasteiger partial charge on any atom is 0.243 e. The van der Waals surface area contributed by atoms with Gasteiger partial charge in [0.1, 0.15) is 5.54 Å². The molecule has 0 fully saturated rings. The first kappa shape index (κ1) is 15.7. The first-order valence-electron chi connectivity index (χ1n) is 6.87. The SMILES string of the molecule is CCCN(CC)CC(NC)(C(N)=O)c1ccccc1. The molecule has 0 radical (unpaired) electrons. The van der Waals surface area contributed by atoms with Crippen molar-refractivity contribution >= 4 is 5.91 Å². The van der Waals surface area contributed by atoms with Gasteiger partial charge in [-0.1, -0.05) is 44.2 Å². The molecule has 106 valence electrons. The highest BCUT2D eigenvalue weighted by Gasteiger charge is 2.38. The first-order valence-corrected chi connectivity index (χ1v) is 6.87. The molecule has 0 aliphatic rings. The third kappa shape index (κ3) is 3.55. The molecule has 1 rings (SSSR count). The molecule has 1 unspecified atom stereocenters. The van der Waals surface area contributed by atoms with Gasteiger partial charge < -0.3 is 16.0 Å². The molecular weight excluding hydrogens is 238 g/mol. The van der Waals surface area contributed by atoms with Gasteiger partial charge in [0.2, 0.25) is 5.91 Å². The highest BCUT2D eigenvalue weighted by molar-refractivity contribution is 5.86. The van der Waals surface area contributed by atoms with Gasteiger partial charge in [0.05, 0.1) is 0 Å². The van der Waals surface area contributed by atoms with E-state index in [4.69, 9.17) is 5.73 Å². The van der Waals surface area contributed by atoms with Crippen molar-refractivity contribution in [2.24, 2.45) is 5.73 Å². The lowest BCUT2D eigenvalue weighted by atomic mass is 9.88. The number of amides is 1. The van der Waals surface area contributed by atoms with E-state index >= 15 is 0 Å². The van der Waals surface area contributed by atoms with Crippen molar-refractivity contribution in [3.05, 3.63) is 35.9 Å². The van der Waals surface area contributed by atoms with E-state index in [0.717, 1.165) is 25.1 Å². The molecule has 0 saturated heterocycles. The quantitative estimate of drug-likeness (QED) is 0.743. The summed E-state index contributed by atoms with van der Waals surface area (Å²) in [5.41, 5.74) is 5.77. The van der Waals surface area contributed by atoms with E-state index in [-0.39, 0.29) is 5.91 Å². The number of rotatable bonds is 8. The minimum Gasteiger partial charge on any atom is -0.368 e. The maximum atomic E-state index is 12.0. The Balaban J connectivity index is 3.09. The molecule has 0 aliphatic carbocycles. The lowest BCUT2D eigenvalue weighted by Gasteiger charge is -2.35. The summed E-state index contributed by atoms with van der Waals surface area (Å²) in [5, 5.41) is 3.14. The number of primary amides is 1. The number of hydrogen-bond donors (Lipinski definition) is 2. The first-order chi connectivity index (χ1) is 9.10. The van der Waals surface area contributed by atoms with Crippen molar-refractivity contribution in [1.29, 1.82) is 0 Å². The molecule has 0 bridgehead atoms. The van der Waals surface area contributed by atoms with Crippen molar-refractivity contribution in [2.45, 2.75) is 25.8 Å². The Kier molecular flexibility index (Phi) is 5.99. The second kappa shape index (κ2) is 7.26. The van der Waals surface area contributed by atoms with Crippen LogP contribution in [0.15, 0.2) is 30.3 Å². The summed E-state index contributed by atoms with van der Waals surface area (Å²) >= 11 is 0. The fourth-order valence-electron chi connectivity index (χ4n) is 2.38. The van der Waals surface area contributed by atoms with Gasteiger partial charge in [-0.15, -0.1) is 0 Å². The van der Waals surface area contributed by atoms with Gasteiger partial charge in [-0.25, -0.2) is 0 Å². The number of carbonyl (C=O) groups is 1. The Hall–Kier alpha value is -1.39. The third-order valence-corrected chi connectivity index (χ3v) is 3.56. The summed E-state index contributed by atoms with van der Waals surface area (Å²) in [6.07, 6.45) is 1.06. The standard InChI is InChI=1S/C15H25N3O/c1-4-11-18(5-2)12-15(17-3,14(16)19)13-9-7-6-8-10-13/h6-10,17H,4-5,11-12H2,1-3H3,(H2,16,19). The number of hydrogen-bond acceptors (Lipinski definition) is 3. The van der Waals surface area contributed by atoms with Crippen LogP contribution < -0.4 is 11.1 Å². The fourth-order valence-corrected chi connectivity index (χ4v) is 2.38. The van der Waals surface area contributed by atoms with Crippen LogP contribution in [0.5, 0.6) is 0 Å². The highest BCUT2D eigenvalue weighted by atomic mass is 16.1. The molecular formula is C15H25N3O. The van der Waals surface area contributed by atoms with Crippen molar-refractivity contribution in [2.75, 3.05) is 26.7 Å². The number of nitrogens with one attached hydrogen (secondary N) is 1. The zero-order valence-corrected chi connectivity index (χ0v) is 12.1. The van der Waals surface area contributed by atoms with E-state index in [1.807, 2.05) is 30.3 Å². The molecule has 0 aromatic heterocycles. The van der Waals surface area contributed by atoms with E-state index in [1.54, 1.807) is 7.05 Å². The molecule has 0 heterocycles. The maximum absolute atomic E-state index is 12.0. The van der Waals surface area contributed by atoms with Crippen LogP contribution in [0.25, 0.3) is 0 Å². The number of nitrogens with two attached hydrogens (primary N) is 1. The number of likely N-dealkylation sites (N-methyl/N-ethyl adjacent to an activating group) is 2.